The summed E-state index contributed by atoms with van der Waals surface area (Å²) in [6.45, 7) is 2.59. The fraction of sp³-hybridized carbons (Fsp3) is 0.833. The molecule has 3 nitrogen and oxygen atoms in total. The maximum atomic E-state index is 10.6. The molecular weight excluding hydrogens is 118 g/mol. The monoisotopic (exact) mass is 133 g/mol. The second-order valence-electron chi connectivity index (χ2n) is 1.36. The zero-order valence-electron chi connectivity index (χ0n) is 7.68. The number of hydrogen-bond acceptors (Lipinski definition) is 2. The van der Waals surface area contributed by atoms with Crippen molar-refractivity contribution in [2.75, 3.05) is 13.1 Å². The molecule has 0 spiro atoms. The summed E-state index contributed by atoms with van der Waals surface area (Å²) < 4.78 is 18.7. The third-order valence-electron chi connectivity index (χ3n) is 0.643. The van der Waals surface area contributed by atoms with Crippen LogP contribution in [0.15, 0.2) is 0 Å². The third kappa shape index (κ3) is 5.14. The number of rotatable bonds is 3. The smallest absolute Gasteiger partial charge is 0.407 e. The quantitative estimate of drug-likeness (QED) is 0.627. The van der Waals surface area contributed by atoms with Crippen LogP contribution in [0, 0.1) is 0 Å². The standard InChI is InChI=1S/C6H13NO2/c1-3-5-7-6(8)9-4-2/h3-5H2,1-2H3,(H,7,8)/i3D,5D/t3-,5-/m1/s1. The number of hydrogen-bond donors (Lipinski definition) is 1. The minimum atomic E-state index is -0.908. The minimum absolute atomic E-state index is 0.283. The van der Waals surface area contributed by atoms with Crippen molar-refractivity contribution in [3.05, 3.63) is 0 Å². The molecule has 0 aliphatic rings. The summed E-state index contributed by atoms with van der Waals surface area (Å²) in [5.74, 6) is 0. The molecule has 54 valence electrons. The number of carbonyl (C=O) groups is 1. The second-order valence-corrected chi connectivity index (χ2v) is 1.36. The molecule has 0 saturated carbocycles. The second kappa shape index (κ2) is 5.41. The fourth-order valence-electron chi connectivity index (χ4n) is 0.324. The van der Waals surface area contributed by atoms with Crippen molar-refractivity contribution in [3.63, 3.8) is 0 Å². The van der Waals surface area contributed by atoms with Crippen molar-refractivity contribution in [1.82, 2.24) is 5.32 Å². The van der Waals surface area contributed by atoms with E-state index in [9.17, 15) is 4.79 Å². The van der Waals surface area contributed by atoms with E-state index in [2.05, 4.69) is 10.1 Å². The van der Waals surface area contributed by atoms with Crippen LogP contribution >= 0.6 is 0 Å². The molecule has 2 atom stereocenters. The van der Waals surface area contributed by atoms with Crippen molar-refractivity contribution >= 4 is 6.09 Å². The first-order valence-electron chi connectivity index (χ1n) is 4.01. The molecule has 0 aromatic heterocycles. The molecule has 3 heteroatoms. The zero-order valence-corrected chi connectivity index (χ0v) is 5.68. The topological polar surface area (TPSA) is 38.3 Å². The highest BCUT2D eigenvalue weighted by Crippen LogP contribution is 1.76. The SMILES string of the molecule is [2H][C@H](C)[C@@H]([2H])NC(=O)OCC. The summed E-state index contributed by atoms with van der Waals surface area (Å²) in [6.07, 6.45) is -1.27. The van der Waals surface area contributed by atoms with E-state index >= 15 is 0 Å². The van der Waals surface area contributed by atoms with Crippen LogP contribution in [0.5, 0.6) is 0 Å². The molecule has 0 aliphatic heterocycles. The molecule has 0 aliphatic carbocycles. The van der Waals surface area contributed by atoms with Crippen LogP contribution in [0.25, 0.3) is 0 Å². The van der Waals surface area contributed by atoms with E-state index in [-0.39, 0.29) is 6.61 Å². The summed E-state index contributed by atoms with van der Waals surface area (Å²) >= 11 is 0. The molecule has 0 unspecified atom stereocenters. The molecule has 0 bridgehead atoms. The Balaban J connectivity index is 3.57. The first-order chi connectivity index (χ1) is 5.07. The Hall–Kier alpha value is -0.730. The van der Waals surface area contributed by atoms with Gasteiger partial charge in [0.05, 0.1) is 6.61 Å². The van der Waals surface area contributed by atoms with E-state index in [1.54, 1.807) is 6.92 Å². The Morgan fingerprint density at radius 1 is 1.78 bits per heavy atom. The molecule has 0 aromatic carbocycles. The first-order valence-corrected chi connectivity index (χ1v) is 2.85. The van der Waals surface area contributed by atoms with Gasteiger partial charge < -0.3 is 10.1 Å². The largest absolute Gasteiger partial charge is 0.450 e. The van der Waals surface area contributed by atoms with E-state index in [0.29, 0.717) is 0 Å². The summed E-state index contributed by atoms with van der Waals surface area (Å²) in [7, 11) is 0. The van der Waals surface area contributed by atoms with Gasteiger partial charge in [0, 0.05) is 9.26 Å². The number of carbonyl (C=O) groups excluding carboxylic acids is 1. The molecule has 1 amide bonds. The average molecular weight is 133 g/mol. The predicted molar refractivity (Wildman–Crippen MR) is 35.3 cm³/mol. The molecule has 0 rings (SSSR count). The summed E-state index contributed by atoms with van der Waals surface area (Å²) in [5.41, 5.74) is 0. The van der Waals surface area contributed by atoms with Crippen molar-refractivity contribution < 1.29 is 12.3 Å². The van der Waals surface area contributed by atoms with E-state index < -0.39 is 19.0 Å². The van der Waals surface area contributed by atoms with Gasteiger partial charge in [-0.2, -0.15) is 0 Å². The van der Waals surface area contributed by atoms with E-state index in [1.165, 1.54) is 6.92 Å². The Kier molecular flexibility index (Phi) is 3.06. The molecular formula is C6H13NO2. The van der Waals surface area contributed by atoms with E-state index in [0.717, 1.165) is 0 Å². The van der Waals surface area contributed by atoms with Crippen LogP contribution in [0.4, 0.5) is 4.79 Å². The number of amides is 1. The Morgan fingerprint density at radius 2 is 2.44 bits per heavy atom. The molecule has 1 N–H and O–H groups in total. The molecule has 0 aromatic rings. The highest BCUT2D eigenvalue weighted by molar-refractivity contribution is 5.66. The van der Waals surface area contributed by atoms with Gasteiger partial charge in [0.2, 0.25) is 0 Å². The van der Waals surface area contributed by atoms with Crippen LogP contribution in [0.2, 0.25) is 0 Å². The Morgan fingerprint density at radius 3 is 2.89 bits per heavy atom. The number of alkyl carbamates (subject to hydrolysis) is 1. The van der Waals surface area contributed by atoms with Gasteiger partial charge in [-0.15, -0.1) is 0 Å². The van der Waals surface area contributed by atoms with Gasteiger partial charge in [-0.25, -0.2) is 4.79 Å². The van der Waals surface area contributed by atoms with Crippen molar-refractivity contribution in [2.24, 2.45) is 0 Å². The maximum Gasteiger partial charge on any atom is 0.407 e. The molecule has 9 heavy (non-hydrogen) atoms. The van der Waals surface area contributed by atoms with Gasteiger partial charge in [0.25, 0.3) is 0 Å². The van der Waals surface area contributed by atoms with Crippen LogP contribution in [-0.2, 0) is 4.74 Å². The van der Waals surface area contributed by atoms with Crippen LogP contribution in [0.3, 0.4) is 0 Å². The van der Waals surface area contributed by atoms with Gasteiger partial charge >= 0.3 is 6.09 Å². The van der Waals surface area contributed by atoms with Crippen LogP contribution in [-0.4, -0.2) is 19.2 Å². The Labute approximate surface area is 58.2 Å². The van der Waals surface area contributed by atoms with E-state index in [4.69, 9.17) is 2.74 Å². The number of ether oxygens (including phenoxy) is 1. The Bertz CT molecular complexity index is 130. The van der Waals surface area contributed by atoms with Crippen molar-refractivity contribution in [1.29, 1.82) is 0 Å². The molecule has 0 saturated heterocycles. The average Bonchev–Trinajstić information content (AvgIpc) is 1.87. The molecule has 0 heterocycles. The lowest BCUT2D eigenvalue weighted by molar-refractivity contribution is 0.152. The first kappa shape index (κ1) is 5.09. The van der Waals surface area contributed by atoms with Gasteiger partial charge in [0.1, 0.15) is 0 Å². The highest BCUT2D eigenvalue weighted by Gasteiger charge is 1.94. The summed E-state index contributed by atoms with van der Waals surface area (Å²) in [6, 6.07) is 0. The minimum Gasteiger partial charge on any atom is -0.450 e. The van der Waals surface area contributed by atoms with E-state index in [1.807, 2.05) is 0 Å². The maximum absolute atomic E-state index is 10.6. The normalized spacial score (nSPS) is 18.9. The predicted octanol–water partition coefficient (Wildman–Crippen LogP) is 1.14. The lowest BCUT2D eigenvalue weighted by atomic mass is 10.5. The van der Waals surface area contributed by atoms with Crippen molar-refractivity contribution in [2.45, 2.75) is 20.2 Å². The van der Waals surface area contributed by atoms with Crippen LogP contribution in [0.1, 0.15) is 23.0 Å². The number of nitrogens with one attached hydrogen (secondary N) is 1. The fourth-order valence-corrected chi connectivity index (χ4v) is 0.324. The summed E-state index contributed by atoms with van der Waals surface area (Å²) in [4.78, 5) is 10.6. The third-order valence-corrected chi connectivity index (χ3v) is 0.643. The van der Waals surface area contributed by atoms with Crippen LogP contribution < -0.4 is 5.32 Å². The van der Waals surface area contributed by atoms with Gasteiger partial charge in [0.15, 0.2) is 0 Å². The molecule has 0 radical (unpaired) electrons. The lowest BCUT2D eigenvalue weighted by Gasteiger charge is -2.01. The highest BCUT2D eigenvalue weighted by atomic mass is 16.5. The summed E-state index contributed by atoms with van der Waals surface area (Å²) in [5, 5.41) is 2.20. The lowest BCUT2D eigenvalue weighted by Crippen LogP contribution is -2.24. The van der Waals surface area contributed by atoms with Crippen molar-refractivity contribution in [3.8, 4) is 0 Å². The van der Waals surface area contributed by atoms with Gasteiger partial charge in [-0.3, -0.25) is 0 Å². The zero-order chi connectivity index (χ0) is 8.85. The molecule has 0 fully saturated rings. The van der Waals surface area contributed by atoms with Gasteiger partial charge in [-0.05, 0) is 13.3 Å². The van der Waals surface area contributed by atoms with Gasteiger partial charge in [-0.1, -0.05) is 6.92 Å².